The molecule has 0 bridgehead atoms. The van der Waals surface area contributed by atoms with Crippen molar-refractivity contribution in [2.45, 2.75) is 6.92 Å². The highest BCUT2D eigenvalue weighted by molar-refractivity contribution is 6.33. The summed E-state index contributed by atoms with van der Waals surface area (Å²) in [5.74, 6) is -0.168. The van der Waals surface area contributed by atoms with Gasteiger partial charge in [-0.2, -0.15) is 0 Å². The fourth-order valence-electron chi connectivity index (χ4n) is 0.639. The van der Waals surface area contributed by atoms with E-state index in [1.807, 2.05) is 6.92 Å². The van der Waals surface area contributed by atoms with Crippen molar-refractivity contribution in [3.05, 3.63) is 29.6 Å². The molecule has 0 nitrogen and oxygen atoms in total. The summed E-state index contributed by atoms with van der Waals surface area (Å²) in [6.45, 7) is 1.88. The monoisotopic (exact) mass is 138 g/mol. The quantitative estimate of drug-likeness (QED) is 0.462. The Kier molecular flexibility index (Phi) is 1.67. The highest BCUT2D eigenvalue weighted by Crippen LogP contribution is 1.97. The minimum Gasteiger partial charge on any atom is -0.207 e. The standard InChI is InChI=1S/C7H7FSi/c1-5-4-6(8)2-3-7(5)9/h2-4,9H,1H3. The van der Waals surface area contributed by atoms with Crippen molar-refractivity contribution in [1.82, 2.24) is 0 Å². The van der Waals surface area contributed by atoms with Gasteiger partial charge in [-0.25, -0.2) is 4.39 Å². The molecule has 0 aliphatic rings. The van der Waals surface area contributed by atoms with Gasteiger partial charge in [-0.05, 0) is 24.6 Å². The van der Waals surface area contributed by atoms with E-state index in [0.717, 1.165) is 10.8 Å². The fourth-order valence-corrected chi connectivity index (χ4v) is 0.819. The topological polar surface area (TPSA) is 0 Å². The molecule has 46 valence electrons. The van der Waals surface area contributed by atoms with E-state index >= 15 is 0 Å². The lowest BCUT2D eigenvalue weighted by Gasteiger charge is -1.96. The number of hydrogen-bond acceptors (Lipinski definition) is 0. The van der Waals surface area contributed by atoms with Gasteiger partial charge in [-0.1, -0.05) is 11.3 Å². The Morgan fingerprint density at radius 2 is 2.11 bits per heavy atom. The number of benzene rings is 1. The Labute approximate surface area is 57.1 Å². The fraction of sp³-hybridized carbons (Fsp3) is 0.143. The third kappa shape index (κ3) is 1.39. The second-order valence-electron chi connectivity index (χ2n) is 2.00. The first-order valence-electron chi connectivity index (χ1n) is 2.72. The van der Waals surface area contributed by atoms with Crippen molar-refractivity contribution in [2.75, 3.05) is 0 Å². The first-order valence-corrected chi connectivity index (χ1v) is 3.29. The highest BCUT2D eigenvalue weighted by atomic mass is 28.1. The zero-order valence-electron chi connectivity index (χ0n) is 5.19. The van der Waals surface area contributed by atoms with Crippen LogP contribution in [0, 0.1) is 12.7 Å². The smallest absolute Gasteiger partial charge is 0.123 e. The van der Waals surface area contributed by atoms with E-state index in [0.29, 0.717) is 0 Å². The Hall–Kier alpha value is -0.633. The summed E-state index contributed by atoms with van der Waals surface area (Å²) in [7, 11) is 2.54. The van der Waals surface area contributed by atoms with Gasteiger partial charge in [0.15, 0.2) is 0 Å². The number of halogens is 1. The van der Waals surface area contributed by atoms with Crippen LogP contribution in [0.25, 0.3) is 0 Å². The molecule has 0 aromatic heterocycles. The van der Waals surface area contributed by atoms with E-state index in [-0.39, 0.29) is 5.82 Å². The van der Waals surface area contributed by atoms with Crippen molar-refractivity contribution in [2.24, 2.45) is 0 Å². The first-order chi connectivity index (χ1) is 4.20. The summed E-state index contributed by atoms with van der Waals surface area (Å²) in [4.78, 5) is 0. The molecule has 0 saturated carbocycles. The molecule has 0 heterocycles. The average Bonchev–Trinajstić information content (AvgIpc) is 1.80. The van der Waals surface area contributed by atoms with E-state index < -0.39 is 0 Å². The van der Waals surface area contributed by atoms with E-state index in [9.17, 15) is 4.39 Å². The Balaban J connectivity index is 3.17. The third-order valence-electron chi connectivity index (χ3n) is 1.23. The molecule has 0 atom stereocenters. The zero-order valence-corrected chi connectivity index (χ0v) is 6.34. The summed E-state index contributed by atoms with van der Waals surface area (Å²) >= 11 is 0. The Bertz CT molecular complexity index is 220. The van der Waals surface area contributed by atoms with Crippen LogP contribution >= 0.6 is 0 Å². The maximum Gasteiger partial charge on any atom is 0.123 e. The van der Waals surface area contributed by atoms with Gasteiger partial charge in [0.25, 0.3) is 0 Å². The minimum absolute atomic E-state index is 0.168. The first kappa shape index (κ1) is 6.49. The van der Waals surface area contributed by atoms with Crippen molar-refractivity contribution in [1.29, 1.82) is 0 Å². The molecule has 0 spiro atoms. The molecule has 9 heavy (non-hydrogen) atoms. The average molecular weight is 138 g/mol. The van der Waals surface area contributed by atoms with Crippen molar-refractivity contribution in [3.8, 4) is 0 Å². The summed E-state index contributed by atoms with van der Waals surface area (Å²) < 4.78 is 12.3. The van der Waals surface area contributed by atoms with Gasteiger partial charge in [0.05, 0.1) is 10.2 Å². The van der Waals surface area contributed by atoms with Gasteiger partial charge >= 0.3 is 0 Å². The van der Waals surface area contributed by atoms with Gasteiger partial charge in [-0.15, -0.1) is 0 Å². The second-order valence-corrected chi connectivity index (χ2v) is 2.62. The molecule has 0 fully saturated rings. The van der Waals surface area contributed by atoms with E-state index in [1.54, 1.807) is 6.07 Å². The van der Waals surface area contributed by atoms with Gasteiger partial charge in [0.2, 0.25) is 0 Å². The lowest BCUT2D eigenvalue weighted by molar-refractivity contribution is 0.627. The van der Waals surface area contributed by atoms with Gasteiger partial charge in [0, 0.05) is 0 Å². The molecule has 0 amide bonds. The van der Waals surface area contributed by atoms with E-state index in [2.05, 4.69) is 10.2 Å². The summed E-state index contributed by atoms with van der Waals surface area (Å²) in [6.07, 6.45) is 0. The molecule has 2 radical (unpaired) electrons. The molecule has 0 unspecified atom stereocenters. The minimum atomic E-state index is -0.168. The largest absolute Gasteiger partial charge is 0.207 e. The maximum absolute atomic E-state index is 12.3. The van der Waals surface area contributed by atoms with E-state index in [4.69, 9.17) is 0 Å². The summed E-state index contributed by atoms with van der Waals surface area (Å²) in [5.41, 5.74) is 0.972. The molecule has 0 saturated heterocycles. The molecule has 0 N–H and O–H groups in total. The normalized spacial score (nSPS) is 9.67. The van der Waals surface area contributed by atoms with Crippen LogP contribution < -0.4 is 5.19 Å². The van der Waals surface area contributed by atoms with Crippen LogP contribution in [0.1, 0.15) is 5.56 Å². The van der Waals surface area contributed by atoms with Crippen LogP contribution in [0.3, 0.4) is 0 Å². The van der Waals surface area contributed by atoms with Crippen LogP contribution in [0.4, 0.5) is 4.39 Å². The van der Waals surface area contributed by atoms with Crippen LogP contribution in [-0.2, 0) is 0 Å². The SMILES string of the molecule is Cc1cc(F)ccc1[SiH]. The number of hydrogen-bond donors (Lipinski definition) is 0. The molecular formula is C7H7FSi. The zero-order chi connectivity index (χ0) is 6.85. The summed E-state index contributed by atoms with van der Waals surface area (Å²) in [5, 5.41) is 1.05. The molecule has 1 aromatic carbocycles. The lowest BCUT2D eigenvalue weighted by Crippen LogP contribution is -2.05. The van der Waals surface area contributed by atoms with E-state index in [1.165, 1.54) is 12.1 Å². The second kappa shape index (κ2) is 2.31. The predicted molar refractivity (Wildman–Crippen MR) is 37.9 cm³/mol. The molecular weight excluding hydrogens is 131 g/mol. The Morgan fingerprint density at radius 1 is 1.44 bits per heavy atom. The number of aryl methyl sites for hydroxylation is 1. The maximum atomic E-state index is 12.3. The van der Waals surface area contributed by atoms with Crippen LogP contribution in [0.15, 0.2) is 18.2 Å². The predicted octanol–water partition coefficient (Wildman–Crippen LogP) is 0.660. The molecule has 2 heteroatoms. The van der Waals surface area contributed by atoms with Gasteiger partial charge in [-0.3, -0.25) is 0 Å². The molecule has 1 aromatic rings. The van der Waals surface area contributed by atoms with Crippen LogP contribution in [-0.4, -0.2) is 10.2 Å². The third-order valence-corrected chi connectivity index (χ3v) is 1.88. The molecule has 1 rings (SSSR count). The molecule has 0 aliphatic carbocycles. The van der Waals surface area contributed by atoms with Crippen LogP contribution in [0.5, 0.6) is 0 Å². The van der Waals surface area contributed by atoms with Crippen molar-refractivity contribution < 1.29 is 4.39 Å². The Morgan fingerprint density at radius 3 is 2.56 bits per heavy atom. The highest BCUT2D eigenvalue weighted by Gasteiger charge is 1.91. The van der Waals surface area contributed by atoms with Gasteiger partial charge in [0.1, 0.15) is 5.82 Å². The molecule has 0 aliphatic heterocycles. The van der Waals surface area contributed by atoms with Gasteiger partial charge < -0.3 is 0 Å². The lowest BCUT2D eigenvalue weighted by atomic mass is 10.2. The van der Waals surface area contributed by atoms with Crippen molar-refractivity contribution >= 4 is 15.4 Å². The summed E-state index contributed by atoms with van der Waals surface area (Å²) in [6, 6.07) is 4.72. The van der Waals surface area contributed by atoms with Crippen LogP contribution in [0.2, 0.25) is 0 Å². The van der Waals surface area contributed by atoms with Crippen molar-refractivity contribution in [3.63, 3.8) is 0 Å². The number of rotatable bonds is 0.